The molecule has 112 valence electrons. The third-order valence-corrected chi connectivity index (χ3v) is 4.26. The van der Waals surface area contributed by atoms with Crippen molar-refractivity contribution in [3.8, 4) is 33.3 Å². The van der Waals surface area contributed by atoms with Crippen molar-refractivity contribution in [2.75, 3.05) is 20.0 Å². The van der Waals surface area contributed by atoms with E-state index >= 15 is 0 Å². The molecule has 5 heteroatoms. The molecule has 1 aromatic heterocycles. The first kappa shape index (κ1) is 14.4. The number of rotatable bonds is 4. The zero-order chi connectivity index (χ0) is 15.5. The molecule has 2 aromatic carbocycles. The normalized spacial score (nSPS) is 10.5. The molecule has 0 amide bonds. The molecule has 3 aromatic rings. The molecule has 4 nitrogen and oxygen atoms in total. The highest BCUT2D eigenvalue weighted by Crippen LogP contribution is 2.33. The van der Waals surface area contributed by atoms with Crippen molar-refractivity contribution in [1.29, 1.82) is 0 Å². The van der Waals surface area contributed by atoms with E-state index in [1.807, 2.05) is 47.8 Å². The van der Waals surface area contributed by atoms with Crippen molar-refractivity contribution >= 4 is 17.0 Å². The van der Waals surface area contributed by atoms with Crippen LogP contribution in [0.4, 0.5) is 5.69 Å². The second-order valence-electron chi connectivity index (χ2n) is 4.72. The summed E-state index contributed by atoms with van der Waals surface area (Å²) in [5, 5.41) is 2.97. The second-order valence-corrected chi connectivity index (χ2v) is 5.58. The van der Waals surface area contributed by atoms with Crippen molar-refractivity contribution in [2.24, 2.45) is 0 Å². The largest absolute Gasteiger partial charge is 0.497 e. The van der Waals surface area contributed by atoms with Crippen molar-refractivity contribution in [2.45, 2.75) is 0 Å². The van der Waals surface area contributed by atoms with Gasteiger partial charge in [-0.1, -0.05) is 0 Å². The molecule has 0 bridgehead atoms. The fraction of sp³-hybridized carbons (Fsp3) is 0.118. The van der Waals surface area contributed by atoms with Gasteiger partial charge in [-0.3, -0.25) is 0 Å². The Morgan fingerprint density at radius 2 is 1.68 bits per heavy atom. The van der Waals surface area contributed by atoms with E-state index in [9.17, 15) is 0 Å². The van der Waals surface area contributed by atoms with E-state index in [0.29, 0.717) is 11.4 Å². The van der Waals surface area contributed by atoms with Gasteiger partial charge in [-0.05, 0) is 42.5 Å². The fourth-order valence-corrected chi connectivity index (χ4v) is 2.99. The molecule has 0 fully saturated rings. The number of hydrogen-bond donors (Lipinski definition) is 1. The highest BCUT2D eigenvalue weighted by atomic mass is 32.1. The van der Waals surface area contributed by atoms with E-state index < -0.39 is 0 Å². The molecule has 0 spiro atoms. The van der Waals surface area contributed by atoms with Gasteiger partial charge in [0.25, 0.3) is 0 Å². The molecule has 0 atom stereocenters. The minimum absolute atomic E-state index is 0.612. The number of methoxy groups -OCH3 is 2. The SMILES string of the molecule is COc1ccc(-c2csc(-c3ccc(OC)c(N)c3)n2)cc1. The van der Waals surface area contributed by atoms with Crippen LogP contribution in [0.15, 0.2) is 47.8 Å². The van der Waals surface area contributed by atoms with E-state index in [1.54, 1.807) is 25.6 Å². The third kappa shape index (κ3) is 2.76. The highest BCUT2D eigenvalue weighted by molar-refractivity contribution is 7.13. The number of benzene rings is 2. The van der Waals surface area contributed by atoms with Crippen molar-refractivity contribution < 1.29 is 9.47 Å². The Kier molecular flexibility index (Phi) is 3.98. The standard InChI is InChI=1S/C17H16N2O2S/c1-20-13-6-3-11(4-7-13)15-10-22-17(19-15)12-5-8-16(21-2)14(18)9-12/h3-10H,18H2,1-2H3. The van der Waals surface area contributed by atoms with Crippen LogP contribution in [-0.4, -0.2) is 19.2 Å². The molecule has 1 heterocycles. The maximum absolute atomic E-state index is 5.96. The quantitative estimate of drug-likeness (QED) is 0.738. The number of ether oxygens (including phenoxy) is 2. The molecule has 0 aliphatic carbocycles. The van der Waals surface area contributed by atoms with Crippen LogP contribution in [0.25, 0.3) is 21.8 Å². The van der Waals surface area contributed by atoms with Gasteiger partial charge in [-0.25, -0.2) is 4.98 Å². The summed E-state index contributed by atoms with van der Waals surface area (Å²) >= 11 is 1.59. The summed E-state index contributed by atoms with van der Waals surface area (Å²) < 4.78 is 10.3. The lowest BCUT2D eigenvalue weighted by Crippen LogP contribution is -1.92. The molecule has 0 radical (unpaired) electrons. The predicted octanol–water partition coefficient (Wildman–Crippen LogP) is 4.08. The molecule has 2 N–H and O–H groups in total. The molecule has 0 saturated carbocycles. The molecule has 0 unspecified atom stereocenters. The number of hydrogen-bond acceptors (Lipinski definition) is 5. The maximum atomic E-state index is 5.96. The number of nitrogens with two attached hydrogens (primary N) is 1. The highest BCUT2D eigenvalue weighted by Gasteiger charge is 2.09. The van der Waals surface area contributed by atoms with Crippen LogP contribution in [0.5, 0.6) is 11.5 Å². The van der Waals surface area contributed by atoms with Crippen molar-refractivity contribution in [3.63, 3.8) is 0 Å². The van der Waals surface area contributed by atoms with Crippen LogP contribution in [0.3, 0.4) is 0 Å². The average molecular weight is 312 g/mol. The van der Waals surface area contributed by atoms with E-state index in [1.165, 1.54) is 0 Å². The summed E-state index contributed by atoms with van der Waals surface area (Å²) in [5.74, 6) is 1.51. The van der Waals surface area contributed by atoms with Crippen molar-refractivity contribution in [3.05, 3.63) is 47.8 Å². The Balaban J connectivity index is 1.91. The van der Waals surface area contributed by atoms with Crippen LogP contribution in [0, 0.1) is 0 Å². The van der Waals surface area contributed by atoms with Gasteiger partial charge in [0.1, 0.15) is 16.5 Å². The van der Waals surface area contributed by atoms with Gasteiger partial charge in [0, 0.05) is 16.5 Å². The van der Waals surface area contributed by atoms with Crippen LogP contribution in [0.1, 0.15) is 0 Å². The Bertz CT molecular complexity index is 782. The minimum atomic E-state index is 0.612. The Morgan fingerprint density at radius 1 is 0.955 bits per heavy atom. The predicted molar refractivity (Wildman–Crippen MR) is 90.5 cm³/mol. The summed E-state index contributed by atoms with van der Waals surface area (Å²) in [5.41, 5.74) is 9.56. The van der Waals surface area contributed by atoms with Gasteiger partial charge in [0.05, 0.1) is 25.6 Å². The van der Waals surface area contributed by atoms with Crippen molar-refractivity contribution in [1.82, 2.24) is 4.98 Å². The topological polar surface area (TPSA) is 57.4 Å². The maximum Gasteiger partial charge on any atom is 0.141 e. The summed E-state index contributed by atoms with van der Waals surface area (Å²) in [7, 11) is 3.26. The summed E-state index contributed by atoms with van der Waals surface area (Å²) in [6.45, 7) is 0. The fourth-order valence-electron chi connectivity index (χ4n) is 2.17. The van der Waals surface area contributed by atoms with Crippen LogP contribution >= 0.6 is 11.3 Å². The van der Waals surface area contributed by atoms with Crippen LogP contribution in [-0.2, 0) is 0 Å². The molecule has 22 heavy (non-hydrogen) atoms. The summed E-state index contributed by atoms with van der Waals surface area (Å²) in [6, 6.07) is 13.6. The lowest BCUT2D eigenvalue weighted by atomic mass is 10.1. The molecular weight excluding hydrogens is 296 g/mol. The molecular formula is C17H16N2O2S. The van der Waals surface area contributed by atoms with Crippen LogP contribution in [0.2, 0.25) is 0 Å². The number of anilines is 1. The van der Waals surface area contributed by atoms with E-state index in [2.05, 4.69) is 4.98 Å². The first-order chi connectivity index (χ1) is 10.7. The van der Waals surface area contributed by atoms with E-state index in [4.69, 9.17) is 15.2 Å². The molecule has 0 aliphatic rings. The Labute approximate surface area is 133 Å². The zero-order valence-electron chi connectivity index (χ0n) is 12.4. The number of nitrogen functional groups attached to an aromatic ring is 1. The van der Waals surface area contributed by atoms with Crippen LogP contribution < -0.4 is 15.2 Å². The second kappa shape index (κ2) is 6.07. The Hall–Kier alpha value is -2.53. The zero-order valence-corrected chi connectivity index (χ0v) is 13.2. The molecule has 0 aliphatic heterocycles. The van der Waals surface area contributed by atoms with Gasteiger partial charge >= 0.3 is 0 Å². The minimum Gasteiger partial charge on any atom is -0.497 e. The molecule has 0 saturated heterocycles. The summed E-state index contributed by atoms with van der Waals surface area (Å²) in [4.78, 5) is 4.68. The van der Waals surface area contributed by atoms with E-state index in [0.717, 1.165) is 27.6 Å². The van der Waals surface area contributed by atoms with Gasteiger partial charge in [-0.15, -0.1) is 11.3 Å². The van der Waals surface area contributed by atoms with Gasteiger partial charge in [0.15, 0.2) is 0 Å². The monoisotopic (exact) mass is 312 g/mol. The van der Waals surface area contributed by atoms with Gasteiger partial charge in [0.2, 0.25) is 0 Å². The smallest absolute Gasteiger partial charge is 0.141 e. The summed E-state index contributed by atoms with van der Waals surface area (Å²) in [6.07, 6.45) is 0. The van der Waals surface area contributed by atoms with Gasteiger partial charge < -0.3 is 15.2 Å². The third-order valence-electron chi connectivity index (χ3n) is 3.37. The lowest BCUT2D eigenvalue weighted by Gasteiger charge is -2.05. The number of nitrogens with zero attached hydrogens (tertiary/aromatic N) is 1. The first-order valence-corrected chi connectivity index (χ1v) is 7.63. The van der Waals surface area contributed by atoms with E-state index in [-0.39, 0.29) is 0 Å². The molecule has 3 rings (SSSR count). The first-order valence-electron chi connectivity index (χ1n) is 6.75. The Morgan fingerprint density at radius 3 is 2.32 bits per heavy atom. The average Bonchev–Trinajstić information content (AvgIpc) is 3.05. The van der Waals surface area contributed by atoms with Gasteiger partial charge in [-0.2, -0.15) is 0 Å². The lowest BCUT2D eigenvalue weighted by molar-refractivity contribution is 0.415. The number of aromatic nitrogens is 1. The number of thiazole rings is 1.